The summed E-state index contributed by atoms with van der Waals surface area (Å²) in [5.74, 6) is -0.965. The average Bonchev–Trinajstić information content (AvgIpc) is 2.86. The topological polar surface area (TPSA) is 89.6 Å². The van der Waals surface area contributed by atoms with Crippen LogP contribution in [0.3, 0.4) is 0 Å². The van der Waals surface area contributed by atoms with Gasteiger partial charge in [-0.05, 0) is 25.0 Å². The molecule has 25 heavy (non-hydrogen) atoms. The second-order valence-electron chi connectivity index (χ2n) is 6.01. The van der Waals surface area contributed by atoms with E-state index in [0.29, 0.717) is 18.6 Å². The zero-order chi connectivity index (χ0) is 18.6. The molecule has 8 heteroatoms. The number of carbonyl (C=O) groups is 1. The summed E-state index contributed by atoms with van der Waals surface area (Å²) >= 11 is 0. The first kappa shape index (κ1) is 19.2. The number of aryl methyl sites for hydroxylation is 1. The molecule has 0 atom stereocenters. The first-order chi connectivity index (χ1) is 11.8. The van der Waals surface area contributed by atoms with Gasteiger partial charge in [-0.2, -0.15) is 0 Å². The van der Waals surface area contributed by atoms with E-state index >= 15 is 0 Å². The van der Waals surface area contributed by atoms with Gasteiger partial charge in [-0.25, -0.2) is 13.2 Å². The van der Waals surface area contributed by atoms with Gasteiger partial charge in [-0.3, -0.25) is 9.36 Å². The Hall–Kier alpha value is -2.09. The predicted molar refractivity (Wildman–Crippen MR) is 95.3 cm³/mol. The number of oxazole rings is 1. The van der Waals surface area contributed by atoms with E-state index in [-0.39, 0.29) is 28.6 Å². The highest BCUT2D eigenvalue weighted by Gasteiger charge is 2.20. The molecule has 0 aliphatic rings. The third kappa shape index (κ3) is 4.31. The van der Waals surface area contributed by atoms with Crippen molar-refractivity contribution >= 4 is 26.8 Å². The van der Waals surface area contributed by atoms with Crippen molar-refractivity contribution in [3.05, 3.63) is 28.7 Å². The number of sulfone groups is 1. The average molecular weight is 368 g/mol. The van der Waals surface area contributed by atoms with Crippen LogP contribution in [0, 0.1) is 0 Å². The van der Waals surface area contributed by atoms with Crippen molar-refractivity contribution in [1.29, 1.82) is 0 Å². The van der Waals surface area contributed by atoms with Gasteiger partial charge in [0.15, 0.2) is 15.4 Å². The molecule has 1 aromatic heterocycles. The molecule has 138 valence electrons. The van der Waals surface area contributed by atoms with Crippen LogP contribution in [-0.4, -0.2) is 42.6 Å². The van der Waals surface area contributed by atoms with Crippen molar-refractivity contribution in [3.8, 4) is 0 Å². The van der Waals surface area contributed by atoms with Gasteiger partial charge in [0.2, 0.25) is 5.91 Å². The van der Waals surface area contributed by atoms with E-state index in [4.69, 9.17) is 4.42 Å². The zero-order valence-corrected chi connectivity index (χ0v) is 15.6. The Morgan fingerprint density at radius 3 is 2.44 bits per heavy atom. The normalized spacial score (nSPS) is 11.8. The minimum absolute atomic E-state index is 0.0553. The smallest absolute Gasteiger partial charge is 0.408 e. The van der Waals surface area contributed by atoms with E-state index in [1.807, 2.05) is 13.8 Å². The summed E-state index contributed by atoms with van der Waals surface area (Å²) < 4.78 is 31.4. The van der Waals surface area contributed by atoms with Crippen molar-refractivity contribution < 1.29 is 17.6 Å². The van der Waals surface area contributed by atoms with Gasteiger partial charge in [0.1, 0.15) is 0 Å². The number of hydrogen-bond donors (Lipinski definition) is 0. The second-order valence-corrected chi connectivity index (χ2v) is 8.12. The van der Waals surface area contributed by atoms with Crippen LogP contribution in [0.1, 0.15) is 33.1 Å². The van der Waals surface area contributed by atoms with Crippen molar-refractivity contribution in [2.45, 2.75) is 38.0 Å². The van der Waals surface area contributed by atoms with Crippen LogP contribution in [0.4, 0.5) is 0 Å². The van der Waals surface area contributed by atoms with Crippen LogP contribution < -0.4 is 5.76 Å². The lowest BCUT2D eigenvalue weighted by molar-refractivity contribution is -0.130. The van der Waals surface area contributed by atoms with Crippen LogP contribution in [0.2, 0.25) is 0 Å². The lowest BCUT2D eigenvalue weighted by Crippen LogP contribution is -2.33. The summed E-state index contributed by atoms with van der Waals surface area (Å²) in [5, 5.41) is 0. The van der Waals surface area contributed by atoms with Gasteiger partial charge in [-0.15, -0.1) is 0 Å². The zero-order valence-electron chi connectivity index (χ0n) is 14.8. The van der Waals surface area contributed by atoms with E-state index in [1.54, 1.807) is 11.9 Å². The molecule has 0 aliphatic carbocycles. The molecule has 0 saturated heterocycles. The molecule has 0 spiro atoms. The van der Waals surface area contributed by atoms with Crippen molar-refractivity contribution in [1.82, 2.24) is 9.47 Å². The largest absolute Gasteiger partial charge is 0.419 e. The molecule has 0 unspecified atom stereocenters. The van der Waals surface area contributed by atoms with Crippen LogP contribution in [0.5, 0.6) is 0 Å². The lowest BCUT2D eigenvalue weighted by Gasteiger charge is -2.21. The SMILES string of the molecule is CCCN(CCC)C(=O)CCS(=O)(=O)c1ccc2c(c1)oc(=O)n2C. The first-order valence-corrected chi connectivity index (χ1v) is 10.1. The molecule has 2 aromatic rings. The van der Waals surface area contributed by atoms with Crippen LogP contribution >= 0.6 is 0 Å². The summed E-state index contributed by atoms with van der Waals surface area (Å²) in [7, 11) is -2.08. The van der Waals surface area contributed by atoms with Crippen LogP contribution in [0.25, 0.3) is 11.1 Å². The third-order valence-corrected chi connectivity index (χ3v) is 5.76. The Labute approximate surface area is 147 Å². The van der Waals surface area contributed by atoms with E-state index in [2.05, 4.69) is 0 Å². The standard InChI is InChI=1S/C17H24N2O5S/c1-4-9-19(10-5-2)16(20)8-11-25(22,23)13-6-7-14-15(12-13)24-17(21)18(14)3/h6-7,12H,4-5,8-11H2,1-3H3. The summed E-state index contributed by atoms with van der Waals surface area (Å²) in [5.41, 5.74) is 0.746. The number of fused-ring (bicyclic) bond motifs is 1. The summed E-state index contributed by atoms with van der Waals surface area (Å²) in [6.45, 7) is 5.23. The number of carbonyl (C=O) groups excluding carboxylic acids is 1. The maximum absolute atomic E-state index is 12.5. The van der Waals surface area contributed by atoms with Crippen molar-refractivity contribution in [3.63, 3.8) is 0 Å². The minimum Gasteiger partial charge on any atom is -0.408 e. The molecule has 0 N–H and O–H groups in total. The van der Waals surface area contributed by atoms with Crippen molar-refractivity contribution in [2.24, 2.45) is 7.05 Å². The van der Waals surface area contributed by atoms with Gasteiger partial charge in [0.05, 0.1) is 16.2 Å². The highest BCUT2D eigenvalue weighted by molar-refractivity contribution is 7.91. The van der Waals surface area contributed by atoms with Gasteiger partial charge in [0, 0.05) is 32.6 Å². The monoisotopic (exact) mass is 368 g/mol. The molecular weight excluding hydrogens is 344 g/mol. The van der Waals surface area contributed by atoms with Crippen molar-refractivity contribution in [2.75, 3.05) is 18.8 Å². The van der Waals surface area contributed by atoms with Gasteiger partial charge in [-0.1, -0.05) is 13.8 Å². The number of nitrogens with zero attached hydrogens (tertiary/aromatic N) is 2. The fourth-order valence-corrected chi connectivity index (χ4v) is 3.95. The predicted octanol–water partition coefficient (Wildman–Crippen LogP) is 1.94. The van der Waals surface area contributed by atoms with Crippen LogP contribution in [0.15, 0.2) is 32.3 Å². The molecule has 0 aliphatic heterocycles. The Morgan fingerprint density at radius 2 is 1.84 bits per heavy atom. The minimum atomic E-state index is -3.63. The van der Waals surface area contributed by atoms with Gasteiger partial charge in [0.25, 0.3) is 0 Å². The van der Waals surface area contributed by atoms with Crippen LogP contribution in [-0.2, 0) is 21.7 Å². The summed E-state index contributed by atoms with van der Waals surface area (Å²) in [4.78, 5) is 25.5. The molecule has 0 saturated carbocycles. The lowest BCUT2D eigenvalue weighted by atomic mass is 10.3. The molecule has 1 aromatic carbocycles. The maximum atomic E-state index is 12.5. The van der Waals surface area contributed by atoms with E-state index < -0.39 is 15.6 Å². The number of hydrogen-bond acceptors (Lipinski definition) is 5. The second kappa shape index (κ2) is 7.86. The number of aromatic nitrogens is 1. The van der Waals surface area contributed by atoms with Gasteiger partial charge < -0.3 is 9.32 Å². The highest BCUT2D eigenvalue weighted by Crippen LogP contribution is 2.19. The molecule has 2 rings (SSSR count). The first-order valence-electron chi connectivity index (χ1n) is 8.40. The molecular formula is C17H24N2O5S. The highest BCUT2D eigenvalue weighted by atomic mass is 32.2. The fraction of sp³-hybridized carbons (Fsp3) is 0.529. The summed E-state index contributed by atoms with van der Waals surface area (Å²) in [6, 6.07) is 4.31. The Bertz CT molecular complexity index is 905. The molecule has 1 amide bonds. The Kier molecular flexibility index (Phi) is 6.05. The van der Waals surface area contributed by atoms with E-state index in [0.717, 1.165) is 12.8 Å². The Balaban J connectivity index is 2.16. The fourth-order valence-electron chi connectivity index (χ4n) is 2.71. The van der Waals surface area contributed by atoms with Gasteiger partial charge >= 0.3 is 5.76 Å². The third-order valence-electron chi connectivity index (χ3n) is 4.05. The summed E-state index contributed by atoms with van der Waals surface area (Å²) in [6.07, 6.45) is 1.61. The Morgan fingerprint density at radius 1 is 1.20 bits per heavy atom. The molecule has 0 fully saturated rings. The molecule has 0 bridgehead atoms. The quantitative estimate of drug-likeness (QED) is 0.710. The van der Waals surface area contributed by atoms with E-state index in [9.17, 15) is 18.0 Å². The number of rotatable bonds is 8. The number of benzene rings is 1. The molecule has 1 heterocycles. The number of amides is 1. The maximum Gasteiger partial charge on any atom is 0.419 e. The van der Waals surface area contributed by atoms with E-state index in [1.165, 1.54) is 22.8 Å². The molecule has 0 radical (unpaired) electrons. The molecule has 7 nitrogen and oxygen atoms in total.